The monoisotopic (exact) mass is 1150 g/mol. The van der Waals surface area contributed by atoms with Crippen molar-refractivity contribution < 1.29 is 24.2 Å². The minimum absolute atomic E-state index is 0.0796. The Hall–Kier alpha value is -5.00. The summed E-state index contributed by atoms with van der Waals surface area (Å²) in [5, 5.41) is 9.70. The lowest BCUT2D eigenvalue weighted by Crippen LogP contribution is -2.28. The fraction of sp³-hybridized carbons (Fsp3) is 0.595. The number of unbranched alkanes of at least 4 members (excludes halogenated alkanes) is 23. The molecule has 0 saturated heterocycles. The number of esters is 2. The van der Waals surface area contributed by atoms with Crippen LogP contribution in [-0.2, 0) is 19.1 Å². The molecule has 0 aromatic rings. The van der Waals surface area contributed by atoms with E-state index in [9.17, 15) is 14.7 Å². The van der Waals surface area contributed by atoms with Crippen LogP contribution in [0.2, 0.25) is 0 Å². The summed E-state index contributed by atoms with van der Waals surface area (Å²) in [6, 6.07) is 0. The molecule has 0 fully saturated rings. The number of carbonyl (C=O) groups excluding carboxylic acids is 2. The average Bonchev–Trinajstić information content (AvgIpc) is 3.51. The molecule has 1 atom stereocenters. The van der Waals surface area contributed by atoms with Gasteiger partial charge in [-0.15, -0.1) is 0 Å². The average molecular weight is 1160 g/mol. The molecule has 0 heterocycles. The molecule has 0 saturated carbocycles. The molecular formula is C79H126O5. The number of hydrogen-bond donors (Lipinski definition) is 1. The van der Waals surface area contributed by atoms with E-state index in [-0.39, 0.29) is 25.2 Å². The van der Waals surface area contributed by atoms with E-state index in [1.165, 1.54) is 116 Å². The molecule has 0 bridgehead atoms. The van der Waals surface area contributed by atoms with Gasteiger partial charge in [-0.1, -0.05) is 318 Å². The molecule has 0 aliphatic heterocycles. The molecule has 1 unspecified atom stereocenters. The second-order valence-corrected chi connectivity index (χ2v) is 22.1. The van der Waals surface area contributed by atoms with Crippen molar-refractivity contribution in [1.82, 2.24) is 0 Å². The van der Waals surface area contributed by atoms with Crippen LogP contribution < -0.4 is 0 Å². The number of ether oxygens (including phenoxy) is 2. The molecule has 0 aliphatic rings. The fourth-order valence-corrected chi connectivity index (χ4v) is 9.14. The topological polar surface area (TPSA) is 72.8 Å². The first-order chi connectivity index (χ1) is 41.6. The van der Waals surface area contributed by atoms with Crippen LogP contribution in [0.4, 0.5) is 0 Å². The van der Waals surface area contributed by atoms with E-state index in [1.54, 1.807) is 0 Å². The highest BCUT2D eigenvalue weighted by Crippen LogP contribution is 2.16. The summed E-state index contributed by atoms with van der Waals surface area (Å²) in [7, 11) is 0. The van der Waals surface area contributed by atoms with Gasteiger partial charge in [0.15, 0.2) is 6.10 Å². The Morgan fingerprint density at radius 3 is 0.714 bits per heavy atom. The number of allylic oxidation sites excluding steroid dienone is 30. The Balaban J connectivity index is 3.56. The van der Waals surface area contributed by atoms with Crippen molar-refractivity contribution in [2.24, 2.45) is 0 Å². The Labute approximate surface area is 518 Å². The molecular weight excluding hydrogens is 1030 g/mol. The van der Waals surface area contributed by atoms with Crippen molar-refractivity contribution in [2.45, 2.75) is 290 Å². The van der Waals surface area contributed by atoms with Crippen LogP contribution in [0.5, 0.6) is 0 Å². The zero-order chi connectivity index (χ0) is 60.5. The van der Waals surface area contributed by atoms with Crippen LogP contribution in [0.15, 0.2) is 182 Å². The maximum Gasteiger partial charge on any atom is 0.306 e. The molecule has 0 spiro atoms. The zero-order valence-corrected chi connectivity index (χ0v) is 54.1. The number of aliphatic hydroxyl groups excluding tert-OH is 1. The lowest BCUT2D eigenvalue weighted by atomic mass is 10.0. The summed E-state index contributed by atoms with van der Waals surface area (Å²) in [4.78, 5) is 24.7. The van der Waals surface area contributed by atoms with Gasteiger partial charge >= 0.3 is 11.9 Å². The van der Waals surface area contributed by atoms with Gasteiger partial charge in [0.05, 0.1) is 6.61 Å². The van der Waals surface area contributed by atoms with Gasteiger partial charge in [0.2, 0.25) is 0 Å². The SMILES string of the molecule is CC/C=C\C/C=C\C/C=C\C/C=C\C/C=C\C/C=C\C/C=C\C/C=C\C/C=C\CCCCCCCCCC(=O)OC(CO)COC(=O)CCCCCCCCCCCCCCCCCC/C=C\C/C=C\C/C=C\C/C=C\C/C=C\C/C=C\CC. The van der Waals surface area contributed by atoms with Crippen molar-refractivity contribution in [1.29, 1.82) is 0 Å². The van der Waals surface area contributed by atoms with Crippen LogP contribution in [0.3, 0.4) is 0 Å². The first kappa shape index (κ1) is 79.0. The normalized spacial score (nSPS) is 13.4. The third-order valence-electron chi connectivity index (χ3n) is 14.2. The molecule has 0 amide bonds. The largest absolute Gasteiger partial charge is 0.462 e. The molecule has 1 N–H and O–H groups in total. The second kappa shape index (κ2) is 72.3. The molecule has 84 heavy (non-hydrogen) atoms. The highest BCUT2D eigenvalue weighted by molar-refractivity contribution is 5.70. The zero-order valence-electron chi connectivity index (χ0n) is 54.1. The lowest BCUT2D eigenvalue weighted by Gasteiger charge is -2.15. The maximum atomic E-state index is 12.4. The van der Waals surface area contributed by atoms with E-state index in [0.717, 1.165) is 141 Å². The number of rotatable bonds is 61. The Morgan fingerprint density at radius 1 is 0.274 bits per heavy atom. The van der Waals surface area contributed by atoms with Gasteiger partial charge in [0.25, 0.3) is 0 Å². The molecule has 472 valence electrons. The van der Waals surface area contributed by atoms with E-state index < -0.39 is 6.10 Å². The van der Waals surface area contributed by atoms with Gasteiger partial charge in [-0.2, -0.15) is 0 Å². The van der Waals surface area contributed by atoms with Crippen molar-refractivity contribution in [3.05, 3.63) is 182 Å². The van der Waals surface area contributed by atoms with Crippen molar-refractivity contribution in [3.8, 4) is 0 Å². The van der Waals surface area contributed by atoms with Crippen molar-refractivity contribution in [2.75, 3.05) is 13.2 Å². The molecule has 0 aliphatic carbocycles. The summed E-state index contributed by atoms with van der Waals surface area (Å²) in [6.07, 6.45) is 113. The highest BCUT2D eigenvalue weighted by Gasteiger charge is 2.16. The molecule has 0 radical (unpaired) electrons. The molecule has 0 aromatic heterocycles. The van der Waals surface area contributed by atoms with Crippen LogP contribution in [0.1, 0.15) is 284 Å². The number of carbonyl (C=O) groups is 2. The van der Waals surface area contributed by atoms with Gasteiger partial charge in [-0.05, 0) is 135 Å². The number of aliphatic hydroxyl groups is 1. The number of hydrogen-bond acceptors (Lipinski definition) is 5. The van der Waals surface area contributed by atoms with Gasteiger partial charge in [-0.25, -0.2) is 0 Å². The van der Waals surface area contributed by atoms with Gasteiger partial charge < -0.3 is 14.6 Å². The molecule has 0 rings (SSSR count). The van der Waals surface area contributed by atoms with Gasteiger partial charge in [0.1, 0.15) is 6.61 Å². The highest BCUT2D eigenvalue weighted by atomic mass is 16.6. The summed E-state index contributed by atoms with van der Waals surface area (Å²) in [5.41, 5.74) is 0. The maximum absolute atomic E-state index is 12.4. The molecule has 5 heteroatoms. The van der Waals surface area contributed by atoms with E-state index in [0.29, 0.717) is 12.8 Å². The summed E-state index contributed by atoms with van der Waals surface area (Å²) < 4.78 is 10.7. The fourth-order valence-electron chi connectivity index (χ4n) is 9.14. The molecule has 5 nitrogen and oxygen atoms in total. The first-order valence-corrected chi connectivity index (χ1v) is 34.3. The lowest BCUT2D eigenvalue weighted by molar-refractivity contribution is -0.161. The van der Waals surface area contributed by atoms with E-state index in [4.69, 9.17) is 9.47 Å². The van der Waals surface area contributed by atoms with Crippen LogP contribution in [0, 0.1) is 0 Å². The second-order valence-electron chi connectivity index (χ2n) is 22.1. The Kier molecular flexibility index (Phi) is 68.0. The summed E-state index contributed by atoms with van der Waals surface area (Å²) in [5.74, 6) is -0.608. The van der Waals surface area contributed by atoms with Gasteiger partial charge in [-0.3, -0.25) is 9.59 Å². The minimum atomic E-state index is -0.792. The quantitative estimate of drug-likeness (QED) is 0.0373. The third-order valence-corrected chi connectivity index (χ3v) is 14.2. The van der Waals surface area contributed by atoms with Crippen molar-refractivity contribution >= 4 is 11.9 Å². The summed E-state index contributed by atoms with van der Waals surface area (Å²) >= 11 is 0. The van der Waals surface area contributed by atoms with E-state index in [1.807, 2.05) is 0 Å². The first-order valence-electron chi connectivity index (χ1n) is 34.3. The Morgan fingerprint density at radius 2 is 0.476 bits per heavy atom. The van der Waals surface area contributed by atoms with Gasteiger partial charge in [0, 0.05) is 12.8 Å². The van der Waals surface area contributed by atoms with E-state index >= 15 is 0 Å². The Bertz CT molecular complexity index is 1890. The van der Waals surface area contributed by atoms with Crippen LogP contribution >= 0.6 is 0 Å². The third kappa shape index (κ3) is 69.5. The minimum Gasteiger partial charge on any atom is -0.462 e. The van der Waals surface area contributed by atoms with Crippen LogP contribution in [0.25, 0.3) is 0 Å². The summed E-state index contributed by atoms with van der Waals surface area (Å²) in [6.45, 7) is 3.91. The predicted molar refractivity (Wildman–Crippen MR) is 370 cm³/mol. The van der Waals surface area contributed by atoms with Crippen molar-refractivity contribution in [3.63, 3.8) is 0 Å². The smallest absolute Gasteiger partial charge is 0.306 e. The van der Waals surface area contributed by atoms with E-state index in [2.05, 4.69) is 196 Å². The predicted octanol–water partition coefficient (Wildman–Crippen LogP) is 24.2. The van der Waals surface area contributed by atoms with Crippen LogP contribution in [-0.4, -0.2) is 36.4 Å². The standard InChI is InChI=1S/C79H126O5/c1-3-5-7-9-11-13-15-17-19-21-23-25-27-29-31-33-35-37-39-41-43-45-47-49-51-53-55-57-59-61-63-65-67-69-71-73-78(81)83-76-77(75-80)84-79(82)74-72-70-68-66-64-62-60-58-56-54-52-50-48-46-44-42-40-38-36-34-32-30-28-26-24-22-20-18-16-14-12-10-8-6-4-2/h5-8,11-14,17-20,23-26,29-32,35-38,42,44,48,50,54,56,77,80H,3-4,9-10,15-16,21-22,27-28,33-34,39-41,43,45-47,49,51-53,55,57-76H2,1-2H3/b7-5-,8-6-,13-11-,14-12-,19-17-,20-18-,25-23-,26-24-,31-29-,32-30-,37-35-,38-36-,44-42-,50-48-,56-54-. The molecule has 0 aromatic carbocycles.